The number of nitrogens with zero attached hydrogens (tertiary/aromatic N) is 1. The minimum atomic E-state index is -1.02. The first kappa shape index (κ1) is 15.8. The Kier molecular flexibility index (Phi) is 4.26. The van der Waals surface area contributed by atoms with E-state index in [0.717, 1.165) is 19.3 Å². The van der Waals surface area contributed by atoms with Gasteiger partial charge in [-0.1, -0.05) is 6.42 Å². The van der Waals surface area contributed by atoms with Crippen molar-refractivity contribution < 1.29 is 24.2 Å². The van der Waals surface area contributed by atoms with Crippen molar-refractivity contribution in [2.75, 3.05) is 13.7 Å². The molecule has 1 atom stereocenters. The Morgan fingerprint density at radius 3 is 2.43 bits per heavy atom. The monoisotopic (exact) mass is 319 g/mol. The molecule has 6 heteroatoms. The van der Waals surface area contributed by atoms with Crippen LogP contribution in [0.4, 0.5) is 0 Å². The number of ether oxygens (including phenoxy) is 2. The average Bonchev–Trinajstić information content (AvgIpc) is 2.94. The molecule has 1 aromatic carbocycles. The fourth-order valence-electron chi connectivity index (χ4n) is 3.53. The fraction of sp³-hybridized carbons (Fsp3) is 0.529. The first-order valence-corrected chi connectivity index (χ1v) is 7.92. The van der Waals surface area contributed by atoms with E-state index in [0.29, 0.717) is 24.2 Å². The Morgan fingerprint density at radius 1 is 1.22 bits per heavy atom. The van der Waals surface area contributed by atoms with Crippen LogP contribution in [0.25, 0.3) is 0 Å². The molecule has 1 spiro atoms. The van der Waals surface area contributed by atoms with Gasteiger partial charge in [-0.2, -0.15) is 0 Å². The molecule has 1 amide bonds. The molecular formula is C17H21NO5. The van der Waals surface area contributed by atoms with Crippen molar-refractivity contribution in [2.24, 2.45) is 0 Å². The number of benzene rings is 1. The standard InChI is InChI=1S/C17H21NO5/c1-22-13-7-5-12(6-8-13)15(19)18-14(16(20)21)11-23-17(18)9-3-2-4-10-17/h5-8,14H,2-4,9-11H2,1H3,(H,20,21). The van der Waals surface area contributed by atoms with E-state index < -0.39 is 17.7 Å². The molecule has 1 aliphatic heterocycles. The lowest BCUT2D eigenvalue weighted by Crippen LogP contribution is -2.54. The van der Waals surface area contributed by atoms with Gasteiger partial charge in [-0.05, 0) is 49.9 Å². The van der Waals surface area contributed by atoms with Crippen molar-refractivity contribution in [2.45, 2.75) is 43.9 Å². The maximum atomic E-state index is 13.0. The summed E-state index contributed by atoms with van der Waals surface area (Å²) in [6.45, 7) is 0.0528. The number of hydrogen-bond donors (Lipinski definition) is 1. The lowest BCUT2D eigenvalue weighted by atomic mass is 9.89. The predicted molar refractivity (Wildman–Crippen MR) is 82.4 cm³/mol. The highest BCUT2D eigenvalue weighted by Gasteiger charge is 2.53. The topological polar surface area (TPSA) is 76.1 Å². The van der Waals surface area contributed by atoms with Crippen molar-refractivity contribution in [1.82, 2.24) is 4.90 Å². The maximum Gasteiger partial charge on any atom is 0.328 e. The third-order valence-electron chi connectivity index (χ3n) is 4.74. The van der Waals surface area contributed by atoms with E-state index in [2.05, 4.69) is 0 Å². The highest BCUT2D eigenvalue weighted by atomic mass is 16.5. The number of carbonyl (C=O) groups is 2. The zero-order valence-corrected chi connectivity index (χ0v) is 13.2. The molecule has 1 N–H and O–H groups in total. The molecule has 0 radical (unpaired) electrons. The fourth-order valence-corrected chi connectivity index (χ4v) is 3.53. The second kappa shape index (κ2) is 6.20. The first-order chi connectivity index (χ1) is 11.1. The zero-order chi connectivity index (χ0) is 16.4. The molecule has 1 saturated heterocycles. The van der Waals surface area contributed by atoms with Crippen LogP contribution >= 0.6 is 0 Å². The molecule has 1 aromatic rings. The minimum absolute atomic E-state index is 0.0528. The van der Waals surface area contributed by atoms with Crippen LogP contribution in [0.1, 0.15) is 42.5 Å². The number of hydrogen-bond acceptors (Lipinski definition) is 4. The van der Waals surface area contributed by atoms with Gasteiger partial charge in [0.25, 0.3) is 5.91 Å². The minimum Gasteiger partial charge on any atom is -0.497 e. The van der Waals surface area contributed by atoms with Crippen molar-refractivity contribution >= 4 is 11.9 Å². The molecule has 1 aliphatic carbocycles. The lowest BCUT2D eigenvalue weighted by molar-refractivity contribution is -0.143. The number of carboxylic acid groups (broad SMARTS) is 1. The quantitative estimate of drug-likeness (QED) is 0.925. The van der Waals surface area contributed by atoms with Gasteiger partial charge in [0.2, 0.25) is 0 Å². The zero-order valence-electron chi connectivity index (χ0n) is 13.2. The van der Waals surface area contributed by atoms with Gasteiger partial charge in [-0.3, -0.25) is 9.69 Å². The van der Waals surface area contributed by atoms with Crippen LogP contribution in [0, 0.1) is 0 Å². The first-order valence-electron chi connectivity index (χ1n) is 7.92. The van der Waals surface area contributed by atoms with Gasteiger partial charge in [-0.25, -0.2) is 4.79 Å². The van der Waals surface area contributed by atoms with E-state index in [1.165, 1.54) is 4.90 Å². The van der Waals surface area contributed by atoms with Crippen LogP contribution in [-0.2, 0) is 9.53 Å². The summed E-state index contributed by atoms with van der Waals surface area (Å²) in [6.07, 6.45) is 4.36. The van der Waals surface area contributed by atoms with Gasteiger partial charge in [0, 0.05) is 5.56 Å². The Bertz CT molecular complexity index is 592. The number of amides is 1. The molecule has 1 unspecified atom stereocenters. The molecule has 0 bridgehead atoms. The summed E-state index contributed by atoms with van der Waals surface area (Å²) < 4.78 is 11.0. The van der Waals surface area contributed by atoms with Crippen molar-refractivity contribution in [1.29, 1.82) is 0 Å². The summed E-state index contributed by atoms with van der Waals surface area (Å²) in [5.74, 6) is -0.657. The Balaban J connectivity index is 1.93. The summed E-state index contributed by atoms with van der Waals surface area (Å²) in [4.78, 5) is 26.0. The second-order valence-electron chi connectivity index (χ2n) is 6.08. The molecule has 23 heavy (non-hydrogen) atoms. The van der Waals surface area contributed by atoms with E-state index in [1.807, 2.05) is 0 Å². The maximum absolute atomic E-state index is 13.0. The molecule has 0 aromatic heterocycles. The van der Waals surface area contributed by atoms with Gasteiger partial charge in [0.15, 0.2) is 6.04 Å². The van der Waals surface area contributed by atoms with Crippen LogP contribution in [-0.4, -0.2) is 47.4 Å². The highest BCUT2D eigenvalue weighted by Crippen LogP contribution is 2.41. The average molecular weight is 319 g/mol. The molecule has 1 heterocycles. The predicted octanol–water partition coefficient (Wildman–Crippen LogP) is 2.28. The third-order valence-corrected chi connectivity index (χ3v) is 4.74. The molecule has 1 saturated carbocycles. The van der Waals surface area contributed by atoms with E-state index in [-0.39, 0.29) is 12.5 Å². The van der Waals surface area contributed by atoms with Crippen LogP contribution in [0.5, 0.6) is 5.75 Å². The van der Waals surface area contributed by atoms with E-state index in [4.69, 9.17) is 9.47 Å². The summed E-state index contributed by atoms with van der Waals surface area (Å²) >= 11 is 0. The molecule has 6 nitrogen and oxygen atoms in total. The van der Waals surface area contributed by atoms with Crippen LogP contribution in [0.15, 0.2) is 24.3 Å². The van der Waals surface area contributed by atoms with Gasteiger partial charge < -0.3 is 14.6 Å². The van der Waals surface area contributed by atoms with Gasteiger partial charge in [0.1, 0.15) is 11.5 Å². The SMILES string of the molecule is COc1ccc(C(=O)N2C(C(=O)O)COC23CCCCC3)cc1. The molecular weight excluding hydrogens is 298 g/mol. The van der Waals surface area contributed by atoms with Crippen molar-refractivity contribution in [3.8, 4) is 5.75 Å². The molecule has 124 valence electrons. The number of carbonyl (C=O) groups excluding carboxylic acids is 1. The highest BCUT2D eigenvalue weighted by molar-refractivity contribution is 5.97. The van der Waals surface area contributed by atoms with E-state index in [1.54, 1.807) is 31.4 Å². The van der Waals surface area contributed by atoms with Crippen LogP contribution < -0.4 is 4.74 Å². The van der Waals surface area contributed by atoms with Gasteiger partial charge in [-0.15, -0.1) is 0 Å². The van der Waals surface area contributed by atoms with Gasteiger partial charge in [0.05, 0.1) is 13.7 Å². The summed E-state index contributed by atoms with van der Waals surface area (Å²) in [6, 6.07) is 5.80. The number of rotatable bonds is 3. The molecule has 2 fully saturated rings. The Labute approximate surface area is 135 Å². The number of methoxy groups -OCH3 is 1. The van der Waals surface area contributed by atoms with Crippen LogP contribution in [0.3, 0.4) is 0 Å². The van der Waals surface area contributed by atoms with Crippen molar-refractivity contribution in [3.05, 3.63) is 29.8 Å². The largest absolute Gasteiger partial charge is 0.497 e. The summed E-state index contributed by atoms with van der Waals surface area (Å²) in [7, 11) is 1.56. The summed E-state index contributed by atoms with van der Waals surface area (Å²) in [5, 5.41) is 9.48. The van der Waals surface area contributed by atoms with E-state index >= 15 is 0 Å². The summed E-state index contributed by atoms with van der Waals surface area (Å²) in [5.41, 5.74) is -0.314. The van der Waals surface area contributed by atoms with Crippen molar-refractivity contribution in [3.63, 3.8) is 0 Å². The molecule has 3 rings (SSSR count). The Morgan fingerprint density at radius 2 is 1.87 bits per heavy atom. The van der Waals surface area contributed by atoms with Crippen LogP contribution in [0.2, 0.25) is 0 Å². The van der Waals surface area contributed by atoms with Gasteiger partial charge >= 0.3 is 5.97 Å². The van der Waals surface area contributed by atoms with E-state index in [9.17, 15) is 14.7 Å². The third kappa shape index (κ3) is 2.79. The Hall–Kier alpha value is -2.08. The number of carboxylic acids is 1. The smallest absolute Gasteiger partial charge is 0.328 e. The number of aliphatic carboxylic acids is 1. The normalized spacial score (nSPS) is 23.0. The molecule has 2 aliphatic rings. The second-order valence-corrected chi connectivity index (χ2v) is 6.08. The lowest BCUT2D eigenvalue weighted by Gasteiger charge is -2.41.